The second-order valence-corrected chi connectivity index (χ2v) is 30.6. The molecule has 0 aromatic carbocycles. The summed E-state index contributed by atoms with van der Waals surface area (Å²) in [6, 6.07) is 0. The topological polar surface area (TPSA) is 237 Å². The van der Waals surface area contributed by atoms with Gasteiger partial charge in [0.05, 0.1) is 26.4 Å². The molecule has 5 atom stereocenters. The molecule has 0 heterocycles. The lowest BCUT2D eigenvalue weighted by atomic mass is 10.1. The van der Waals surface area contributed by atoms with Gasteiger partial charge >= 0.3 is 39.5 Å². The predicted octanol–water partition coefficient (Wildman–Crippen LogP) is 24.7. The van der Waals surface area contributed by atoms with Crippen molar-refractivity contribution in [3.05, 3.63) is 122 Å². The molecule has 0 aliphatic rings. The highest BCUT2D eigenvalue weighted by molar-refractivity contribution is 7.47. The Hall–Kier alpha value is -4.54. The number of hydrogen-bond donors (Lipinski definition) is 3. The average Bonchev–Trinajstić information content (AvgIpc) is 0.933. The Morgan fingerprint density at radius 3 is 0.783 bits per heavy atom. The van der Waals surface area contributed by atoms with Gasteiger partial charge in [0.25, 0.3) is 0 Å². The molecule has 0 saturated carbocycles. The molecule has 0 amide bonds. The lowest BCUT2D eigenvalue weighted by Gasteiger charge is -2.21. The Labute approximate surface area is 644 Å². The van der Waals surface area contributed by atoms with Gasteiger partial charge < -0.3 is 33.8 Å². The minimum absolute atomic E-state index is 0.0736. The fourth-order valence-corrected chi connectivity index (χ4v) is 12.6. The summed E-state index contributed by atoms with van der Waals surface area (Å²) in [5, 5.41) is 10.7. The summed E-state index contributed by atoms with van der Waals surface area (Å²) < 4.78 is 68.7. The van der Waals surface area contributed by atoms with E-state index in [2.05, 4.69) is 149 Å². The van der Waals surface area contributed by atoms with Gasteiger partial charge in [-0.3, -0.25) is 37.3 Å². The van der Waals surface area contributed by atoms with E-state index in [-0.39, 0.29) is 25.7 Å². The van der Waals surface area contributed by atoms with Crippen LogP contribution in [-0.4, -0.2) is 96.7 Å². The van der Waals surface area contributed by atoms with Crippen LogP contribution in [0.2, 0.25) is 0 Å². The van der Waals surface area contributed by atoms with Crippen molar-refractivity contribution in [1.29, 1.82) is 0 Å². The smallest absolute Gasteiger partial charge is 0.462 e. The monoisotopic (exact) mass is 1530 g/mol. The van der Waals surface area contributed by atoms with Crippen LogP contribution < -0.4 is 0 Å². The molecule has 0 spiro atoms. The third-order valence-electron chi connectivity index (χ3n) is 17.4. The van der Waals surface area contributed by atoms with E-state index in [0.29, 0.717) is 25.7 Å². The summed E-state index contributed by atoms with van der Waals surface area (Å²) in [6.45, 7) is 4.68. The van der Waals surface area contributed by atoms with E-state index in [1.165, 1.54) is 64.2 Å². The van der Waals surface area contributed by atoms with Gasteiger partial charge in [-0.1, -0.05) is 284 Å². The van der Waals surface area contributed by atoms with Crippen molar-refractivity contribution in [2.24, 2.45) is 0 Å². The average molecular weight is 1530 g/mol. The maximum absolute atomic E-state index is 13.1. The van der Waals surface area contributed by atoms with E-state index in [1.807, 2.05) is 0 Å². The largest absolute Gasteiger partial charge is 0.472 e. The first-order valence-corrected chi connectivity index (χ1v) is 44.8. The third-order valence-corrected chi connectivity index (χ3v) is 19.3. The number of unbranched alkanes of at least 4 members (excludes halogenated alkanes) is 32. The Bertz CT molecular complexity index is 2480. The number of carbonyl (C=O) groups is 4. The van der Waals surface area contributed by atoms with Crippen LogP contribution in [0.1, 0.15) is 349 Å². The van der Waals surface area contributed by atoms with E-state index >= 15 is 0 Å². The van der Waals surface area contributed by atoms with E-state index in [1.54, 1.807) is 0 Å². The first kappa shape index (κ1) is 101. The molecule has 0 aromatic rings. The number of aliphatic hydroxyl groups is 1. The number of esters is 4. The molecule has 0 saturated heterocycles. The van der Waals surface area contributed by atoms with Crippen LogP contribution in [0, 0.1) is 0 Å². The van der Waals surface area contributed by atoms with Crippen LogP contribution in [0.15, 0.2) is 122 Å². The van der Waals surface area contributed by atoms with Crippen molar-refractivity contribution < 1.29 is 80.2 Å². The number of aliphatic hydroxyl groups excluding tert-OH is 1. The first-order valence-electron chi connectivity index (χ1n) is 41.8. The van der Waals surface area contributed by atoms with E-state index in [4.69, 9.17) is 37.0 Å². The van der Waals surface area contributed by atoms with Crippen LogP contribution in [0.25, 0.3) is 0 Å². The van der Waals surface area contributed by atoms with Crippen LogP contribution in [0.4, 0.5) is 0 Å². The number of hydrogen-bond acceptors (Lipinski definition) is 15. The van der Waals surface area contributed by atoms with Gasteiger partial charge in [-0.25, -0.2) is 9.13 Å². The molecule has 0 fully saturated rings. The van der Waals surface area contributed by atoms with Gasteiger partial charge in [-0.2, -0.15) is 0 Å². The van der Waals surface area contributed by atoms with Gasteiger partial charge in [0.15, 0.2) is 12.2 Å². The van der Waals surface area contributed by atoms with Crippen molar-refractivity contribution >= 4 is 39.5 Å². The number of carbonyl (C=O) groups excluding carboxylic acids is 4. The summed E-state index contributed by atoms with van der Waals surface area (Å²) in [7, 11) is -9.98. The second-order valence-electron chi connectivity index (χ2n) is 27.7. The van der Waals surface area contributed by atoms with Crippen LogP contribution in [0.3, 0.4) is 0 Å². The van der Waals surface area contributed by atoms with Crippen LogP contribution in [-0.2, 0) is 65.4 Å². The highest BCUT2D eigenvalue weighted by Crippen LogP contribution is 2.45. The van der Waals surface area contributed by atoms with Gasteiger partial charge in [-0.05, 0) is 161 Å². The van der Waals surface area contributed by atoms with Crippen molar-refractivity contribution in [3.63, 3.8) is 0 Å². The molecule has 106 heavy (non-hydrogen) atoms. The summed E-state index contributed by atoms with van der Waals surface area (Å²) in [4.78, 5) is 73.1. The molecule has 17 nitrogen and oxygen atoms in total. The van der Waals surface area contributed by atoms with Crippen LogP contribution >= 0.6 is 15.6 Å². The molecule has 0 aromatic heterocycles. The fraction of sp³-hybridized carbons (Fsp3) is 0.724. The van der Waals surface area contributed by atoms with E-state index in [9.17, 15) is 43.2 Å². The normalized spacial score (nSPS) is 14.4. The summed E-state index contributed by atoms with van der Waals surface area (Å²) >= 11 is 0. The minimum Gasteiger partial charge on any atom is -0.462 e. The molecule has 0 bridgehead atoms. The van der Waals surface area contributed by atoms with Gasteiger partial charge in [0, 0.05) is 25.7 Å². The zero-order valence-corrected chi connectivity index (χ0v) is 68.6. The van der Waals surface area contributed by atoms with Crippen molar-refractivity contribution in [2.75, 3.05) is 39.6 Å². The number of ether oxygens (including phenoxy) is 4. The molecular formula is C87H150O17P2. The Balaban J connectivity index is 5.37. The fourth-order valence-electron chi connectivity index (χ4n) is 11.0. The Kier molecular flexibility index (Phi) is 75.2. The van der Waals surface area contributed by atoms with Crippen molar-refractivity contribution in [3.8, 4) is 0 Å². The number of phosphoric acid groups is 2. The van der Waals surface area contributed by atoms with E-state index < -0.39 is 97.5 Å². The standard InChI is InChI=1S/C87H150O17P2/c1-5-9-13-17-21-25-29-33-36-38-40-42-45-48-51-55-59-63-67-71-84(89)97-77-82(103-86(91)73-69-65-61-57-53-47-32-28-24-20-16-12-8-4)79-101-105(93,94)99-75-81(88)76-100-106(95,96)102-80-83(104-87(92)74-70-66-62-58-54-50-44-35-31-27-23-19-15-11-7-3)78-98-85(90)72-68-64-60-56-52-49-46-43-41-39-37-34-30-26-22-18-14-10-6-2/h10,14,21-23,25-28,32-37,40-44,81-83,88H,5-9,11-13,15-20,24,29-31,38-39,45-80H2,1-4H3,(H,93,94)(H,95,96)/b14-10-,25-21-,26-22-,27-23-,32-28-,36-33-,37-34-,42-40-,43-41-,44-35-. The molecule has 0 rings (SSSR count). The van der Waals surface area contributed by atoms with Crippen LogP contribution in [0.5, 0.6) is 0 Å². The van der Waals surface area contributed by atoms with E-state index in [0.717, 1.165) is 205 Å². The molecular weight excluding hydrogens is 1380 g/mol. The Morgan fingerprint density at radius 1 is 0.274 bits per heavy atom. The maximum Gasteiger partial charge on any atom is 0.472 e. The highest BCUT2D eigenvalue weighted by atomic mass is 31.2. The summed E-state index contributed by atoms with van der Waals surface area (Å²) in [5.74, 6) is -2.22. The quantitative estimate of drug-likeness (QED) is 0.0169. The molecule has 610 valence electrons. The SMILES string of the molecule is CC/C=C\C/C=C\C/C=C\C/C=C\CCCCCCCCC(=O)OCC(COP(=O)(O)OCC(O)COP(=O)(O)OCC(COC(=O)CCCCCCCC/C=C\C/C=C\C/C=C\CCCCC)OC(=O)CCCCCCC/C=C\CCCCCC)OC(=O)CCCCCCC/C=C\C/C=C\CCCCC. The minimum atomic E-state index is -4.99. The number of allylic oxidation sites excluding steroid dienone is 20. The second kappa shape index (κ2) is 78.6. The molecule has 0 radical (unpaired) electrons. The first-order chi connectivity index (χ1) is 51.7. The van der Waals surface area contributed by atoms with Crippen molar-refractivity contribution in [2.45, 2.75) is 367 Å². The molecule has 19 heteroatoms. The molecule has 3 N–H and O–H groups in total. The molecule has 0 aliphatic heterocycles. The number of phosphoric ester groups is 2. The van der Waals surface area contributed by atoms with Crippen molar-refractivity contribution in [1.82, 2.24) is 0 Å². The Morgan fingerprint density at radius 2 is 0.491 bits per heavy atom. The zero-order chi connectivity index (χ0) is 77.4. The number of rotatable bonds is 78. The predicted molar refractivity (Wildman–Crippen MR) is 436 cm³/mol. The lowest BCUT2D eigenvalue weighted by molar-refractivity contribution is -0.161. The van der Waals surface area contributed by atoms with Gasteiger partial charge in [0.2, 0.25) is 0 Å². The highest BCUT2D eigenvalue weighted by Gasteiger charge is 2.30. The van der Waals surface area contributed by atoms with Gasteiger partial charge in [0.1, 0.15) is 19.3 Å². The molecule has 0 aliphatic carbocycles. The summed E-state index contributed by atoms with van der Waals surface area (Å²) in [5.41, 5.74) is 0. The molecule has 5 unspecified atom stereocenters. The zero-order valence-electron chi connectivity index (χ0n) is 66.8. The summed E-state index contributed by atoms with van der Waals surface area (Å²) in [6.07, 6.45) is 87.3. The maximum atomic E-state index is 13.1. The third kappa shape index (κ3) is 77.6. The lowest BCUT2D eigenvalue weighted by Crippen LogP contribution is -2.30. The van der Waals surface area contributed by atoms with Gasteiger partial charge in [-0.15, -0.1) is 0 Å².